The summed E-state index contributed by atoms with van der Waals surface area (Å²) in [6.45, 7) is 3.37. The summed E-state index contributed by atoms with van der Waals surface area (Å²) in [5.74, 6) is 1.12. The van der Waals surface area contributed by atoms with Gasteiger partial charge in [0.15, 0.2) is 0 Å². The second kappa shape index (κ2) is 7.01. The van der Waals surface area contributed by atoms with Gasteiger partial charge in [-0.05, 0) is 19.0 Å². The summed E-state index contributed by atoms with van der Waals surface area (Å²) in [6.07, 6.45) is 5.38. The Kier molecular flexibility index (Phi) is 4.59. The highest BCUT2D eigenvalue weighted by molar-refractivity contribution is 6.32. The molecule has 2 aliphatic heterocycles. The van der Waals surface area contributed by atoms with Crippen LogP contribution in [0, 0.1) is 0 Å². The van der Waals surface area contributed by atoms with E-state index < -0.39 is 0 Å². The average Bonchev–Trinajstić information content (AvgIpc) is 3.15. The Balaban J connectivity index is 1.58. The van der Waals surface area contributed by atoms with Gasteiger partial charge in [0.25, 0.3) is 0 Å². The van der Waals surface area contributed by atoms with E-state index in [9.17, 15) is 0 Å². The minimum Gasteiger partial charge on any atom is -0.480 e. The summed E-state index contributed by atoms with van der Waals surface area (Å²) < 4.78 is 11.2. The molecule has 1 fully saturated rings. The fourth-order valence-electron chi connectivity index (χ4n) is 3.26. The molecular formula is C17H20ClN5O2. The molecule has 1 unspecified atom stereocenters. The lowest BCUT2D eigenvalue weighted by atomic mass is 10.1. The molecule has 25 heavy (non-hydrogen) atoms. The van der Waals surface area contributed by atoms with Crippen LogP contribution in [0.1, 0.15) is 17.7 Å². The van der Waals surface area contributed by atoms with Gasteiger partial charge in [0.2, 0.25) is 11.8 Å². The molecule has 7 nitrogen and oxygen atoms in total. The van der Waals surface area contributed by atoms with Crippen molar-refractivity contribution < 1.29 is 9.47 Å². The van der Waals surface area contributed by atoms with Crippen molar-refractivity contribution in [1.29, 1.82) is 0 Å². The first-order valence-electron chi connectivity index (χ1n) is 8.39. The van der Waals surface area contributed by atoms with E-state index in [0.717, 1.165) is 49.4 Å². The summed E-state index contributed by atoms with van der Waals surface area (Å²) in [5, 5.41) is 3.81. The number of nitrogens with one attached hydrogen (secondary N) is 1. The van der Waals surface area contributed by atoms with Crippen LogP contribution in [-0.4, -0.2) is 47.8 Å². The predicted molar refractivity (Wildman–Crippen MR) is 94.5 cm³/mol. The maximum absolute atomic E-state index is 6.22. The van der Waals surface area contributed by atoms with Gasteiger partial charge >= 0.3 is 0 Å². The van der Waals surface area contributed by atoms with Crippen molar-refractivity contribution in [2.24, 2.45) is 0 Å². The maximum Gasteiger partial charge on any atom is 0.232 e. The number of rotatable bonds is 4. The summed E-state index contributed by atoms with van der Waals surface area (Å²) in [5.41, 5.74) is 3.06. The summed E-state index contributed by atoms with van der Waals surface area (Å²) in [6, 6.07) is 1.88. The molecule has 1 atom stereocenters. The molecule has 0 radical (unpaired) electrons. The van der Waals surface area contributed by atoms with Crippen molar-refractivity contribution in [3.05, 3.63) is 34.9 Å². The zero-order chi connectivity index (χ0) is 17.2. The largest absolute Gasteiger partial charge is 0.480 e. The van der Waals surface area contributed by atoms with Crippen molar-refractivity contribution in [2.45, 2.75) is 25.5 Å². The van der Waals surface area contributed by atoms with Gasteiger partial charge in [0.1, 0.15) is 17.5 Å². The van der Waals surface area contributed by atoms with Crippen LogP contribution < -0.4 is 19.7 Å². The number of hydrogen-bond donors (Lipinski definition) is 1. The first-order chi connectivity index (χ1) is 12.2. The monoisotopic (exact) mass is 361 g/mol. The topological polar surface area (TPSA) is 72.4 Å². The number of pyridine rings is 1. The first-order valence-corrected chi connectivity index (χ1v) is 8.77. The molecule has 0 aromatic carbocycles. The lowest BCUT2D eigenvalue weighted by Crippen LogP contribution is -2.32. The summed E-state index contributed by atoms with van der Waals surface area (Å²) >= 11 is 6.22. The van der Waals surface area contributed by atoms with Crippen LogP contribution in [-0.2, 0) is 13.0 Å². The molecule has 0 aliphatic carbocycles. The van der Waals surface area contributed by atoms with Gasteiger partial charge in [-0.2, -0.15) is 0 Å². The van der Waals surface area contributed by atoms with Crippen molar-refractivity contribution in [3.63, 3.8) is 0 Å². The van der Waals surface area contributed by atoms with Crippen molar-refractivity contribution in [1.82, 2.24) is 20.3 Å². The molecule has 1 N–H and O–H groups in total. The second-order valence-corrected chi connectivity index (χ2v) is 6.60. The Labute approximate surface area is 151 Å². The smallest absolute Gasteiger partial charge is 0.232 e. The van der Waals surface area contributed by atoms with Gasteiger partial charge in [0, 0.05) is 19.5 Å². The quantitative estimate of drug-likeness (QED) is 0.890. The number of nitrogens with zero attached hydrogens (tertiary/aromatic N) is 4. The molecule has 8 heteroatoms. The molecule has 2 aliphatic rings. The van der Waals surface area contributed by atoms with E-state index in [4.69, 9.17) is 21.1 Å². The minimum absolute atomic E-state index is 0.173. The van der Waals surface area contributed by atoms with E-state index in [-0.39, 0.29) is 6.10 Å². The third kappa shape index (κ3) is 3.34. The average molecular weight is 362 g/mol. The van der Waals surface area contributed by atoms with Crippen LogP contribution >= 0.6 is 11.6 Å². The lowest BCUT2D eigenvalue weighted by molar-refractivity contribution is 0.210. The van der Waals surface area contributed by atoms with E-state index in [2.05, 4.69) is 25.2 Å². The van der Waals surface area contributed by atoms with Crippen LogP contribution in [0.5, 0.6) is 11.8 Å². The van der Waals surface area contributed by atoms with E-state index >= 15 is 0 Å². The van der Waals surface area contributed by atoms with Crippen LogP contribution in [0.15, 0.2) is 18.6 Å². The highest BCUT2D eigenvalue weighted by Gasteiger charge is 2.25. The molecule has 2 aromatic heterocycles. The normalized spacial score (nSPS) is 19.6. The number of aromatic nitrogens is 3. The van der Waals surface area contributed by atoms with Crippen LogP contribution in [0.4, 0.5) is 5.69 Å². The Morgan fingerprint density at radius 3 is 2.96 bits per heavy atom. The van der Waals surface area contributed by atoms with Crippen molar-refractivity contribution in [2.75, 3.05) is 31.6 Å². The molecule has 0 amide bonds. The van der Waals surface area contributed by atoms with Gasteiger partial charge in [-0.1, -0.05) is 11.6 Å². The number of anilines is 1. The third-order valence-corrected chi connectivity index (χ3v) is 4.88. The van der Waals surface area contributed by atoms with E-state index in [1.807, 2.05) is 6.07 Å². The number of halogens is 1. The van der Waals surface area contributed by atoms with Crippen LogP contribution in [0.3, 0.4) is 0 Å². The molecule has 0 bridgehead atoms. The van der Waals surface area contributed by atoms with Crippen LogP contribution in [0.2, 0.25) is 5.02 Å². The SMILES string of the molecule is COc1ncc(N2CCc3ncnc(OC4CCNC4)c3C2)cc1Cl. The van der Waals surface area contributed by atoms with Gasteiger partial charge in [-0.15, -0.1) is 0 Å². The fraction of sp³-hybridized carbons (Fsp3) is 0.471. The molecule has 0 saturated carbocycles. The minimum atomic E-state index is 0.173. The maximum atomic E-state index is 6.22. The first kappa shape index (κ1) is 16.4. The Morgan fingerprint density at radius 2 is 2.20 bits per heavy atom. The van der Waals surface area contributed by atoms with E-state index in [1.54, 1.807) is 19.6 Å². The number of hydrogen-bond acceptors (Lipinski definition) is 7. The standard InChI is InChI=1S/C17H20ClN5O2/c1-24-17-14(18)6-11(7-20-17)23-5-3-15-13(9-23)16(22-10-21-15)25-12-2-4-19-8-12/h6-7,10,12,19H,2-5,8-9H2,1H3. The zero-order valence-electron chi connectivity index (χ0n) is 14.0. The predicted octanol–water partition coefficient (Wildman–Crippen LogP) is 1.84. The Hall–Kier alpha value is -2.12. The highest BCUT2D eigenvalue weighted by Crippen LogP contribution is 2.32. The van der Waals surface area contributed by atoms with Gasteiger partial charge < -0.3 is 19.7 Å². The molecule has 1 saturated heterocycles. The zero-order valence-corrected chi connectivity index (χ0v) is 14.8. The summed E-state index contributed by atoms with van der Waals surface area (Å²) in [4.78, 5) is 15.3. The molecule has 132 valence electrons. The Morgan fingerprint density at radius 1 is 1.28 bits per heavy atom. The summed E-state index contributed by atoms with van der Waals surface area (Å²) in [7, 11) is 1.56. The number of methoxy groups -OCH3 is 1. The van der Waals surface area contributed by atoms with Gasteiger partial charge in [0.05, 0.1) is 36.8 Å². The number of ether oxygens (including phenoxy) is 2. The van der Waals surface area contributed by atoms with E-state index in [0.29, 0.717) is 23.3 Å². The van der Waals surface area contributed by atoms with Crippen LogP contribution in [0.25, 0.3) is 0 Å². The third-order valence-electron chi connectivity index (χ3n) is 4.61. The Bertz CT molecular complexity index is 767. The second-order valence-electron chi connectivity index (χ2n) is 6.19. The highest BCUT2D eigenvalue weighted by atomic mass is 35.5. The molecular weight excluding hydrogens is 342 g/mol. The van der Waals surface area contributed by atoms with E-state index in [1.165, 1.54) is 0 Å². The lowest BCUT2D eigenvalue weighted by Gasteiger charge is -2.31. The fourth-order valence-corrected chi connectivity index (χ4v) is 3.50. The van der Waals surface area contributed by atoms with Crippen molar-refractivity contribution in [3.8, 4) is 11.8 Å². The molecule has 4 heterocycles. The van der Waals surface area contributed by atoms with Crippen molar-refractivity contribution >= 4 is 17.3 Å². The van der Waals surface area contributed by atoms with Gasteiger partial charge in [-0.3, -0.25) is 0 Å². The van der Waals surface area contributed by atoms with Gasteiger partial charge in [-0.25, -0.2) is 15.0 Å². The number of fused-ring (bicyclic) bond motifs is 1. The molecule has 2 aromatic rings. The molecule has 4 rings (SSSR count). The molecule has 0 spiro atoms.